The first-order valence-electron chi connectivity index (χ1n) is 8.10. The van der Waals surface area contributed by atoms with Crippen molar-refractivity contribution in [3.63, 3.8) is 0 Å². The number of ether oxygens (including phenoxy) is 1. The summed E-state index contributed by atoms with van der Waals surface area (Å²) >= 11 is 0. The van der Waals surface area contributed by atoms with Gasteiger partial charge < -0.3 is 9.64 Å². The fraction of sp³-hybridized carbons (Fsp3) is 0.333. The number of benzene rings is 2. The van der Waals surface area contributed by atoms with Gasteiger partial charge in [0, 0.05) is 6.54 Å². The first-order chi connectivity index (χ1) is 11.5. The van der Waals surface area contributed by atoms with Gasteiger partial charge in [-0.1, -0.05) is 31.5 Å². The lowest BCUT2D eigenvalue weighted by Crippen LogP contribution is -2.24. The van der Waals surface area contributed by atoms with E-state index in [9.17, 15) is 8.42 Å². The van der Waals surface area contributed by atoms with E-state index < -0.39 is 10.1 Å². The maximum Gasteiger partial charge on any atom is 0.264 e. The monoisotopic (exact) mass is 347 g/mol. The van der Waals surface area contributed by atoms with Gasteiger partial charge in [-0.3, -0.25) is 4.55 Å². The summed E-state index contributed by atoms with van der Waals surface area (Å²) in [5, 5.41) is 0. The Morgan fingerprint density at radius 3 is 2.58 bits per heavy atom. The van der Waals surface area contributed by atoms with Crippen LogP contribution in [-0.2, 0) is 16.5 Å². The molecule has 0 saturated heterocycles. The molecule has 1 heterocycles. The number of para-hydroxylation sites is 2. The van der Waals surface area contributed by atoms with E-state index in [0.717, 1.165) is 35.7 Å². The van der Waals surface area contributed by atoms with Crippen LogP contribution >= 0.6 is 0 Å². The van der Waals surface area contributed by atoms with Gasteiger partial charge in [0.15, 0.2) is 11.5 Å². The molecule has 0 radical (unpaired) electrons. The molecular formula is C18H21NO4S. The van der Waals surface area contributed by atoms with Gasteiger partial charge in [0.1, 0.15) is 0 Å². The molecule has 3 rings (SSSR count). The highest BCUT2D eigenvalue weighted by atomic mass is 32.2. The predicted molar refractivity (Wildman–Crippen MR) is 95.0 cm³/mol. The summed E-state index contributed by atoms with van der Waals surface area (Å²) in [5.74, 6) is 1.28. The quantitative estimate of drug-likeness (QED) is 0.795. The Bertz CT molecular complexity index is 833. The lowest BCUT2D eigenvalue weighted by atomic mass is 10.1. The molecule has 0 aliphatic carbocycles. The van der Waals surface area contributed by atoms with Crippen LogP contribution in [0.25, 0.3) is 0 Å². The average Bonchev–Trinajstić information content (AvgIpc) is 2.53. The second-order valence-electron chi connectivity index (χ2n) is 5.91. The number of nitrogens with zero attached hydrogens (tertiary/aromatic N) is 1. The van der Waals surface area contributed by atoms with Crippen LogP contribution in [0.5, 0.6) is 11.5 Å². The van der Waals surface area contributed by atoms with Crippen LogP contribution in [0, 0.1) is 0 Å². The summed E-state index contributed by atoms with van der Waals surface area (Å²) in [7, 11) is -3.95. The molecule has 0 saturated carbocycles. The lowest BCUT2D eigenvalue weighted by molar-refractivity contribution is 0.471. The van der Waals surface area contributed by atoms with Gasteiger partial charge >= 0.3 is 0 Å². The number of aryl methyl sites for hydroxylation is 1. The Morgan fingerprint density at radius 1 is 1.08 bits per heavy atom. The molecule has 1 N–H and O–H groups in total. The lowest BCUT2D eigenvalue weighted by Gasteiger charge is -2.33. The fourth-order valence-electron chi connectivity index (χ4n) is 2.97. The fourth-order valence-corrected chi connectivity index (χ4v) is 3.46. The Kier molecular flexibility index (Phi) is 4.78. The second kappa shape index (κ2) is 6.83. The van der Waals surface area contributed by atoms with Crippen LogP contribution in [0.3, 0.4) is 0 Å². The standard InChI is InChI=1S/C18H21NO4S/c1-2-6-14-9-10-16-18(13-14)23-17-8-4-3-7-15(17)19(16)11-5-12-24(20,21)22/h3-4,7-10,13H,2,5-6,11-12H2,1H3,(H,20,21,22). The van der Waals surface area contributed by atoms with Crippen molar-refractivity contribution in [2.24, 2.45) is 0 Å². The van der Waals surface area contributed by atoms with Crippen LogP contribution in [0.4, 0.5) is 11.4 Å². The molecular weight excluding hydrogens is 326 g/mol. The summed E-state index contributed by atoms with van der Waals surface area (Å²) in [4.78, 5) is 2.05. The van der Waals surface area contributed by atoms with Crippen molar-refractivity contribution >= 4 is 21.5 Å². The summed E-state index contributed by atoms with van der Waals surface area (Å²) in [5.41, 5.74) is 3.04. The van der Waals surface area contributed by atoms with Gasteiger partial charge in [0.25, 0.3) is 10.1 Å². The van der Waals surface area contributed by atoms with Gasteiger partial charge in [-0.15, -0.1) is 0 Å². The molecule has 128 valence electrons. The molecule has 5 nitrogen and oxygen atoms in total. The molecule has 2 aromatic carbocycles. The van der Waals surface area contributed by atoms with Crippen molar-refractivity contribution in [2.75, 3.05) is 17.2 Å². The van der Waals surface area contributed by atoms with Crippen molar-refractivity contribution in [1.82, 2.24) is 0 Å². The zero-order valence-corrected chi connectivity index (χ0v) is 14.4. The van der Waals surface area contributed by atoms with E-state index in [1.807, 2.05) is 36.4 Å². The van der Waals surface area contributed by atoms with E-state index in [-0.39, 0.29) is 5.75 Å². The third-order valence-corrected chi connectivity index (χ3v) is 4.82. The van der Waals surface area contributed by atoms with Gasteiger partial charge in [-0.05, 0) is 42.7 Å². The summed E-state index contributed by atoms with van der Waals surface area (Å²) in [6, 6.07) is 13.8. The number of fused-ring (bicyclic) bond motifs is 2. The summed E-state index contributed by atoms with van der Waals surface area (Å²) < 4.78 is 37.0. The Hall–Kier alpha value is -2.05. The molecule has 0 amide bonds. The summed E-state index contributed by atoms with van der Waals surface area (Å²) in [6.07, 6.45) is 2.39. The van der Waals surface area contributed by atoms with Crippen molar-refractivity contribution < 1.29 is 17.7 Å². The molecule has 24 heavy (non-hydrogen) atoms. The molecule has 6 heteroatoms. The maximum absolute atomic E-state index is 11.0. The van der Waals surface area contributed by atoms with E-state index in [4.69, 9.17) is 9.29 Å². The minimum absolute atomic E-state index is 0.254. The number of rotatable bonds is 6. The minimum Gasteiger partial charge on any atom is -0.453 e. The maximum atomic E-state index is 11.0. The largest absolute Gasteiger partial charge is 0.453 e. The first kappa shape index (κ1) is 16.8. The molecule has 1 aliphatic heterocycles. The molecule has 0 unspecified atom stereocenters. The smallest absolute Gasteiger partial charge is 0.264 e. The van der Waals surface area contributed by atoms with Crippen LogP contribution in [0.15, 0.2) is 42.5 Å². The highest BCUT2D eigenvalue weighted by molar-refractivity contribution is 7.85. The highest BCUT2D eigenvalue weighted by Gasteiger charge is 2.24. The summed E-state index contributed by atoms with van der Waals surface area (Å²) in [6.45, 7) is 2.62. The molecule has 0 bridgehead atoms. The minimum atomic E-state index is -3.95. The molecule has 2 aromatic rings. The van der Waals surface area contributed by atoms with Crippen molar-refractivity contribution in [3.8, 4) is 11.5 Å². The number of hydrogen-bond acceptors (Lipinski definition) is 4. The molecule has 0 aromatic heterocycles. The molecule has 0 spiro atoms. The Morgan fingerprint density at radius 2 is 1.83 bits per heavy atom. The highest BCUT2D eigenvalue weighted by Crippen LogP contribution is 2.46. The van der Waals surface area contributed by atoms with E-state index in [1.165, 1.54) is 5.56 Å². The zero-order valence-electron chi connectivity index (χ0n) is 13.6. The van der Waals surface area contributed by atoms with Crippen molar-refractivity contribution in [1.29, 1.82) is 0 Å². The first-order valence-corrected chi connectivity index (χ1v) is 9.71. The van der Waals surface area contributed by atoms with Gasteiger partial charge in [0.05, 0.1) is 17.1 Å². The van der Waals surface area contributed by atoms with Crippen LogP contribution in [-0.4, -0.2) is 25.3 Å². The van der Waals surface area contributed by atoms with Crippen molar-refractivity contribution in [3.05, 3.63) is 48.0 Å². The topological polar surface area (TPSA) is 66.8 Å². The Labute approximate surface area is 142 Å². The molecule has 0 fully saturated rings. The van der Waals surface area contributed by atoms with E-state index in [2.05, 4.69) is 17.9 Å². The number of hydrogen-bond donors (Lipinski definition) is 1. The van der Waals surface area contributed by atoms with Crippen LogP contribution in [0.1, 0.15) is 25.3 Å². The van der Waals surface area contributed by atoms with Gasteiger partial charge in [-0.2, -0.15) is 8.42 Å². The van der Waals surface area contributed by atoms with Crippen LogP contribution in [0.2, 0.25) is 0 Å². The SMILES string of the molecule is CCCc1ccc2c(c1)Oc1ccccc1N2CCCS(=O)(=O)O. The van der Waals surface area contributed by atoms with E-state index >= 15 is 0 Å². The predicted octanol–water partition coefficient (Wildman–Crippen LogP) is 4.16. The normalized spacial score (nSPS) is 13.2. The average molecular weight is 347 g/mol. The molecule has 1 aliphatic rings. The van der Waals surface area contributed by atoms with Crippen LogP contribution < -0.4 is 9.64 Å². The molecule has 0 atom stereocenters. The van der Waals surface area contributed by atoms with Gasteiger partial charge in [-0.25, -0.2) is 0 Å². The van der Waals surface area contributed by atoms with Crippen molar-refractivity contribution in [2.45, 2.75) is 26.2 Å². The Balaban J connectivity index is 1.92. The third-order valence-electron chi connectivity index (χ3n) is 4.01. The zero-order chi connectivity index (χ0) is 17.2. The van der Waals surface area contributed by atoms with E-state index in [1.54, 1.807) is 0 Å². The second-order valence-corrected chi connectivity index (χ2v) is 7.49. The third kappa shape index (κ3) is 3.71. The van der Waals surface area contributed by atoms with Gasteiger partial charge in [0.2, 0.25) is 0 Å². The number of anilines is 2. The van der Waals surface area contributed by atoms with E-state index in [0.29, 0.717) is 13.0 Å².